The van der Waals surface area contributed by atoms with Crippen LogP contribution in [0.25, 0.3) is 0 Å². The standard InChI is InChI=1S/C17H21N5O4/c1-10-18-16(26-19-10)15-9-21(4-5-24-15)12-7-22(8-12)17(23)13-6-14(25-20-13)11-2-3-11/h6,11-12,15H,2-5,7-9H2,1H3. The van der Waals surface area contributed by atoms with E-state index < -0.39 is 0 Å². The minimum Gasteiger partial charge on any atom is -0.366 e. The van der Waals surface area contributed by atoms with Gasteiger partial charge in [-0.05, 0) is 19.8 Å². The maximum atomic E-state index is 12.5. The van der Waals surface area contributed by atoms with Crippen LogP contribution in [0.5, 0.6) is 0 Å². The predicted octanol–water partition coefficient (Wildman–Crippen LogP) is 1.14. The SMILES string of the molecule is Cc1noc(C2CN(C3CN(C(=O)c4cc(C5CC5)on4)C3)CCO2)n1. The number of nitrogens with zero attached hydrogens (tertiary/aromatic N) is 5. The molecule has 2 aromatic heterocycles. The van der Waals surface area contributed by atoms with Crippen molar-refractivity contribution in [2.45, 2.75) is 37.8 Å². The lowest BCUT2D eigenvalue weighted by atomic mass is 10.0. The largest absolute Gasteiger partial charge is 0.366 e. The Balaban J connectivity index is 1.17. The molecule has 1 atom stereocenters. The molecule has 1 amide bonds. The van der Waals surface area contributed by atoms with E-state index in [9.17, 15) is 4.79 Å². The van der Waals surface area contributed by atoms with Crippen molar-refractivity contribution in [1.29, 1.82) is 0 Å². The molecule has 3 fully saturated rings. The molecule has 3 aliphatic rings. The Morgan fingerprint density at radius 2 is 2.04 bits per heavy atom. The summed E-state index contributed by atoms with van der Waals surface area (Å²) in [5, 5.41) is 7.77. The lowest BCUT2D eigenvalue weighted by Crippen LogP contribution is -2.63. The zero-order valence-corrected chi connectivity index (χ0v) is 14.6. The van der Waals surface area contributed by atoms with Crippen LogP contribution >= 0.6 is 0 Å². The van der Waals surface area contributed by atoms with Crippen LogP contribution in [0.4, 0.5) is 0 Å². The molecule has 1 aliphatic carbocycles. The molecule has 2 aliphatic heterocycles. The van der Waals surface area contributed by atoms with Gasteiger partial charge in [0.15, 0.2) is 11.5 Å². The highest BCUT2D eigenvalue weighted by atomic mass is 16.5. The summed E-state index contributed by atoms with van der Waals surface area (Å²) in [7, 11) is 0. The fourth-order valence-electron chi connectivity index (χ4n) is 3.56. The van der Waals surface area contributed by atoms with Gasteiger partial charge in [-0.3, -0.25) is 9.69 Å². The summed E-state index contributed by atoms with van der Waals surface area (Å²) in [6.45, 7) is 5.34. The minimum absolute atomic E-state index is 0.0470. The third-order valence-corrected chi connectivity index (χ3v) is 5.31. The first-order valence-corrected chi connectivity index (χ1v) is 9.09. The van der Waals surface area contributed by atoms with Gasteiger partial charge >= 0.3 is 0 Å². The summed E-state index contributed by atoms with van der Waals surface area (Å²) in [6.07, 6.45) is 2.06. The monoisotopic (exact) mass is 359 g/mol. The number of carbonyl (C=O) groups is 1. The summed E-state index contributed by atoms with van der Waals surface area (Å²) >= 11 is 0. The molecule has 0 radical (unpaired) electrons. The predicted molar refractivity (Wildman–Crippen MR) is 87.5 cm³/mol. The van der Waals surface area contributed by atoms with Gasteiger partial charge in [0.25, 0.3) is 11.8 Å². The van der Waals surface area contributed by atoms with Crippen LogP contribution in [-0.2, 0) is 4.74 Å². The normalized spacial score (nSPS) is 24.7. The van der Waals surface area contributed by atoms with E-state index in [4.69, 9.17) is 13.8 Å². The average molecular weight is 359 g/mol. The Bertz CT molecular complexity index is 808. The number of aromatic nitrogens is 3. The summed E-state index contributed by atoms with van der Waals surface area (Å²) in [5.74, 6) is 2.39. The molecule has 0 spiro atoms. The molecular weight excluding hydrogens is 338 g/mol. The fraction of sp³-hybridized carbons (Fsp3) is 0.647. The van der Waals surface area contributed by atoms with Crippen LogP contribution in [0.2, 0.25) is 0 Å². The lowest BCUT2D eigenvalue weighted by Gasteiger charge is -2.47. The summed E-state index contributed by atoms with van der Waals surface area (Å²) < 4.78 is 16.3. The molecule has 2 saturated heterocycles. The van der Waals surface area contributed by atoms with Gasteiger partial charge in [0, 0.05) is 44.2 Å². The van der Waals surface area contributed by atoms with Gasteiger partial charge in [-0.1, -0.05) is 10.3 Å². The molecule has 1 saturated carbocycles. The molecule has 2 aromatic rings. The van der Waals surface area contributed by atoms with Crippen molar-refractivity contribution in [2.24, 2.45) is 0 Å². The molecule has 9 nitrogen and oxygen atoms in total. The lowest BCUT2D eigenvalue weighted by molar-refractivity contribution is -0.0782. The van der Waals surface area contributed by atoms with Crippen LogP contribution in [-0.4, -0.2) is 69.8 Å². The first-order chi connectivity index (χ1) is 12.7. The van der Waals surface area contributed by atoms with Crippen LogP contribution in [0.3, 0.4) is 0 Å². The Labute approximate surface area is 150 Å². The van der Waals surface area contributed by atoms with E-state index in [-0.39, 0.29) is 12.0 Å². The van der Waals surface area contributed by atoms with Crippen LogP contribution < -0.4 is 0 Å². The summed E-state index contributed by atoms with van der Waals surface area (Å²) in [4.78, 5) is 20.9. The Kier molecular flexibility index (Phi) is 3.79. The number of ether oxygens (including phenoxy) is 1. The van der Waals surface area contributed by atoms with E-state index in [1.54, 1.807) is 13.0 Å². The van der Waals surface area contributed by atoms with E-state index >= 15 is 0 Å². The van der Waals surface area contributed by atoms with E-state index in [1.807, 2.05) is 4.90 Å². The van der Waals surface area contributed by atoms with Crippen molar-refractivity contribution in [1.82, 2.24) is 25.1 Å². The highest BCUT2D eigenvalue weighted by molar-refractivity contribution is 5.92. The zero-order valence-electron chi connectivity index (χ0n) is 14.6. The number of aryl methyl sites for hydroxylation is 1. The molecule has 0 N–H and O–H groups in total. The number of amides is 1. The maximum absolute atomic E-state index is 12.5. The zero-order chi connectivity index (χ0) is 17.7. The number of carbonyl (C=O) groups excluding carboxylic acids is 1. The minimum atomic E-state index is -0.202. The topological polar surface area (TPSA) is 97.7 Å². The van der Waals surface area contributed by atoms with Gasteiger partial charge < -0.3 is 18.7 Å². The van der Waals surface area contributed by atoms with Gasteiger partial charge in [-0.15, -0.1) is 0 Å². The second kappa shape index (κ2) is 6.17. The van der Waals surface area contributed by atoms with E-state index in [2.05, 4.69) is 20.2 Å². The van der Waals surface area contributed by atoms with Crippen LogP contribution in [0.1, 0.15) is 52.8 Å². The first kappa shape index (κ1) is 16.0. The smallest absolute Gasteiger partial charge is 0.276 e. The van der Waals surface area contributed by atoms with Crippen molar-refractivity contribution >= 4 is 5.91 Å². The van der Waals surface area contributed by atoms with Crippen molar-refractivity contribution in [2.75, 3.05) is 32.8 Å². The molecule has 26 heavy (non-hydrogen) atoms. The fourth-order valence-corrected chi connectivity index (χ4v) is 3.56. The molecule has 9 heteroatoms. The summed E-state index contributed by atoms with van der Waals surface area (Å²) in [6, 6.07) is 2.12. The van der Waals surface area contributed by atoms with Crippen molar-refractivity contribution < 1.29 is 18.6 Å². The second-order valence-electron chi connectivity index (χ2n) is 7.29. The Hall–Kier alpha value is -2.26. The van der Waals surface area contributed by atoms with Crippen molar-refractivity contribution in [3.05, 3.63) is 29.2 Å². The molecule has 5 rings (SSSR count). The third-order valence-electron chi connectivity index (χ3n) is 5.31. The van der Waals surface area contributed by atoms with E-state index in [0.717, 1.165) is 25.1 Å². The Morgan fingerprint density at radius 3 is 2.77 bits per heavy atom. The maximum Gasteiger partial charge on any atom is 0.276 e. The second-order valence-corrected chi connectivity index (χ2v) is 7.29. The number of likely N-dealkylation sites (tertiary alicyclic amines) is 1. The van der Waals surface area contributed by atoms with Crippen LogP contribution in [0.15, 0.2) is 15.1 Å². The molecule has 1 unspecified atom stereocenters. The summed E-state index contributed by atoms with van der Waals surface area (Å²) in [5.41, 5.74) is 0.423. The first-order valence-electron chi connectivity index (χ1n) is 9.09. The van der Waals surface area contributed by atoms with Crippen LogP contribution in [0, 0.1) is 6.92 Å². The van der Waals surface area contributed by atoms with Crippen molar-refractivity contribution in [3.8, 4) is 0 Å². The van der Waals surface area contributed by atoms with E-state index in [0.29, 0.717) is 55.6 Å². The molecule has 0 bridgehead atoms. The average Bonchev–Trinajstić information content (AvgIpc) is 3.17. The molecule has 4 heterocycles. The molecular formula is C17H21N5O4. The number of morpholine rings is 1. The quantitative estimate of drug-likeness (QED) is 0.802. The Morgan fingerprint density at radius 1 is 1.19 bits per heavy atom. The third kappa shape index (κ3) is 2.90. The number of rotatable bonds is 4. The van der Waals surface area contributed by atoms with Gasteiger partial charge in [-0.2, -0.15) is 4.98 Å². The highest BCUT2D eigenvalue weighted by Crippen LogP contribution is 2.40. The highest BCUT2D eigenvalue weighted by Gasteiger charge is 2.39. The van der Waals surface area contributed by atoms with Gasteiger partial charge in [0.05, 0.1) is 6.61 Å². The van der Waals surface area contributed by atoms with Gasteiger partial charge in [0.2, 0.25) is 0 Å². The molecule has 0 aromatic carbocycles. The molecule has 138 valence electrons. The van der Waals surface area contributed by atoms with Crippen molar-refractivity contribution in [3.63, 3.8) is 0 Å². The van der Waals surface area contributed by atoms with Gasteiger partial charge in [-0.25, -0.2) is 0 Å². The van der Waals surface area contributed by atoms with Gasteiger partial charge in [0.1, 0.15) is 11.9 Å². The number of hydrogen-bond donors (Lipinski definition) is 0. The number of hydrogen-bond acceptors (Lipinski definition) is 8. The van der Waals surface area contributed by atoms with E-state index in [1.165, 1.54) is 0 Å².